The summed E-state index contributed by atoms with van der Waals surface area (Å²) >= 11 is 0. The monoisotopic (exact) mass is 287 g/mol. The highest BCUT2D eigenvalue weighted by molar-refractivity contribution is 5.72. The molecule has 1 aromatic rings. The van der Waals surface area contributed by atoms with Gasteiger partial charge in [0.1, 0.15) is 0 Å². The number of carbonyl (C=O) groups excluding carboxylic acids is 1. The van der Waals surface area contributed by atoms with Crippen molar-refractivity contribution in [1.82, 2.24) is 10.6 Å². The zero-order valence-corrected chi connectivity index (χ0v) is 12.8. The lowest BCUT2D eigenvalue weighted by Gasteiger charge is -2.36. The van der Waals surface area contributed by atoms with Crippen LogP contribution in [0.3, 0.4) is 0 Å². The van der Waals surface area contributed by atoms with Gasteiger partial charge in [0, 0.05) is 38.8 Å². The number of carbonyl (C=O) groups is 1. The molecular weight excluding hydrogens is 262 g/mol. The quantitative estimate of drug-likeness (QED) is 0.889. The summed E-state index contributed by atoms with van der Waals surface area (Å²) in [6.07, 6.45) is 3.47. The summed E-state index contributed by atoms with van der Waals surface area (Å²) in [7, 11) is 0. The molecule has 4 nitrogen and oxygen atoms in total. The summed E-state index contributed by atoms with van der Waals surface area (Å²) in [4.78, 5) is 13.5. The second kappa shape index (κ2) is 6.48. The molecule has 0 spiro atoms. The van der Waals surface area contributed by atoms with E-state index in [1.165, 1.54) is 29.7 Å². The van der Waals surface area contributed by atoms with Gasteiger partial charge in [-0.1, -0.05) is 12.1 Å². The fraction of sp³-hybridized carbons (Fsp3) is 0.588. The molecule has 114 valence electrons. The summed E-state index contributed by atoms with van der Waals surface area (Å²) in [5.74, 6) is 0.716. The number of amides is 1. The second-order valence-corrected chi connectivity index (χ2v) is 6.21. The molecule has 0 radical (unpaired) electrons. The SMILES string of the molecule is CC(=O)NCC1CCN(c2cccc3c2CCNC3)CC1. The zero-order valence-electron chi connectivity index (χ0n) is 12.8. The van der Waals surface area contributed by atoms with Crippen molar-refractivity contribution < 1.29 is 4.79 Å². The van der Waals surface area contributed by atoms with Crippen LogP contribution in [0.1, 0.15) is 30.9 Å². The zero-order chi connectivity index (χ0) is 14.7. The molecule has 0 unspecified atom stereocenters. The summed E-state index contributed by atoms with van der Waals surface area (Å²) < 4.78 is 0. The molecule has 2 aliphatic rings. The number of rotatable bonds is 3. The molecule has 1 aromatic carbocycles. The minimum Gasteiger partial charge on any atom is -0.371 e. The van der Waals surface area contributed by atoms with Crippen LogP contribution in [0.25, 0.3) is 0 Å². The average molecular weight is 287 g/mol. The van der Waals surface area contributed by atoms with Crippen molar-refractivity contribution in [1.29, 1.82) is 0 Å². The predicted molar refractivity (Wildman–Crippen MR) is 85.5 cm³/mol. The third kappa shape index (κ3) is 3.38. The van der Waals surface area contributed by atoms with Gasteiger partial charge in [0.05, 0.1) is 0 Å². The van der Waals surface area contributed by atoms with Crippen LogP contribution in [0.5, 0.6) is 0 Å². The predicted octanol–water partition coefficient (Wildman–Crippen LogP) is 1.68. The number of piperidine rings is 1. The Hall–Kier alpha value is -1.55. The minimum absolute atomic E-state index is 0.0852. The molecular formula is C17H25N3O. The molecule has 21 heavy (non-hydrogen) atoms. The Morgan fingerprint density at radius 2 is 2.19 bits per heavy atom. The molecule has 0 bridgehead atoms. The lowest BCUT2D eigenvalue weighted by Crippen LogP contribution is -2.39. The summed E-state index contributed by atoms with van der Waals surface area (Å²) in [5, 5.41) is 6.40. The molecule has 1 amide bonds. The first-order valence-electron chi connectivity index (χ1n) is 8.05. The smallest absolute Gasteiger partial charge is 0.216 e. The highest BCUT2D eigenvalue weighted by Crippen LogP contribution is 2.30. The van der Waals surface area contributed by atoms with E-state index in [0.29, 0.717) is 5.92 Å². The van der Waals surface area contributed by atoms with E-state index in [9.17, 15) is 4.79 Å². The van der Waals surface area contributed by atoms with Crippen molar-refractivity contribution in [3.63, 3.8) is 0 Å². The van der Waals surface area contributed by atoms with E-state index in [-0.39, 0.29) is 5.91 Å². The molecule has 2 N–H and O–H groups in total. The maximum atomic E-state index is 11.0. The van der Waals surface area contributed by atoms with Crippen LogP contribution < -0.4 is 15.5 Å². The van der Waals surface area contributed by atoms with Gasteiger partial charge in [0.25, 0.3) is 0 Å². The summed E-state index contributed by atoms with van der Waals surface area (Å²) in [5.41, 5.74) is 4.43. The number of benzene rings is 1. The molecule has 0 saturated carbocycles. The number of hydrogen-bond acceptors (Lipinski definition) is 3. The number of anilines is 1. The van der Waals surface area contributed by atoms with Gasteiger partial charge in [-0.05, 0) is 48.9 Å². The molecule has 3 rings (SSSR count). The van der Waals surface area contributed by atoms with E-state index in [0.717, 1.165) is 39.1 Å². The molecule has 2 heterocycles. The lowest BCUT2D eigenvalue weighted by molar-refractivity contribution is -0.119. The highest BCUT2D eigenvalue weighted by atomic mass is 16.1. The van der Waals surface area contributed by atoms with Crippen molar-refractivity contribution in [2.24, 2.45) is 5.92 Å². The maximum Gasteiger partial charge on any atom is 0.216 e. The first-order valence-corrected chi connectivity index (χ1v) is 8.05. The van der Waals surface area contributed by atoms with Gasteiger partial charge in [-0.2, -0.15) is 0 Å². The third-order valence-electron chi connectivity index (χ3n) is 4.71. The third-order valence-corrected chi connectivity index (χ3v) is 4.71. The molecule has 2 aliphatic heterocycles. The fourth-order valence-electron chi connectivity index (χ4n) is 3.47. The number of nitrogens with one attached hydrogen (secondary N) is 2. The second-order valence-electron chi connectivity index (χ2n) is 6.21. The van der Waals surface area contributed by atoms with E-state index < -0.39 is 0 Å². The van der Waals surface area contributed by atoms with Crippen LogP contribution in [0.4, 0.5) is 5.69 Å². The van der Waals surface area contributed by atoms with E-state index in [1.54, 1.807) is 6.92 Å². The fourth-order valence-corrected chi connectivity index (χ4v) is 3.47. The van der Waals surface area contributed by atoms with Crippen LogP contribution in [0, 0.1) is 5.92 Å². The minimum atomic E-state index is 0.0852. The Morgan fingerprint density at radius 1 is 1.38 bits per heavy atom. The van der Waals surface area contributed by atoms with E-state index in [2.05, 4.69) is 33.7 Å². The van der Waals surface area contributed by atoms with E-state index >= 15 is 0 Å². The van der Waals surface area contributed by atoms with Gasteiger partial charge < -0.3 is 15.5 Å². The van der Waals surface area contributed by atoms with Crippen molar-refractivity contribution in [2.45, 2.75) is 32.7 Å². The first-order chi connectivity index (χ1) is 10.2. The molecule has 1 fully saturated rings. The van der Waals surface area contributed by atoms with Crippen LogP contribution in [0.2, 0.25) is 0 Å². The topological polar surface area (TPSA) is 44.4 Å². The first kappa shape index (κ1) is 14.4. The summed E-state index contributed by atoms with van der Waals surface area (Å²) in [6, 6.07) is 6.71. The lowest BCUT2D eigenvalue weighted by atomic mass is 9.93. The molecule has 0 atom stereocenters. The highest BCUT2D eigenvalue weighted by Gasteiger charge is 2.22. The number of hydrogen-bond donors (Lipinski definition) is 2. The Kier molecular flexibility index (Phi) is 4.44. The van der Waals surface area contributed by atoms with E-state index in [1.807, 2.05) is 0 Å². The Morgan fingerprint density at radius 3 is 2.95 bits per heavy atom. The van der Waals surface area contributed by atoms with Gasteiger partial charge in [0.2, 0.25) is 5.91 Å². The molecule has 0 aromatic heterocycles. The van der Waals surface area contributed by atoms with Crippen LogP contribution >= 0.6 is 0 Å². The van der Waals surface area contributed by atoms with Gasteiger partial charge >= 0.3 is 0 Å². The van der Waals surface area contributed by atoms with Crippen LogP contribution in [0.15, 0.2) is 18.2 Å². The van der Waals surface area contributed by atoms with Gasteiger partial charge in [-0.25, -0.2) is 0 Å². The Balaban J connectivity index is 1.63. The van der Waals surface area contributed by atoms with Crippen LogP contribution in [-0.4, -0.2) is 32.1 Å². The molecule has 1 saturated heterocycles. The van der Waals surface area contributed by atoms with Gasteiger partial charge in [0.15, 0.2) is 0 Å². The number of fused-ring (bicyclic) bond motifs is 1. The van der Waals surface area contributed by atoms with Gasteiger partial charge in [-0.15, -0.1) is 0 Å². The van der Waals surface area contributed by atoms with Crippen molar-refractivity contribution in [3.8, 4) is 0 Å². The summed E-state index contributed by atoms with van der Waals surface area (Å²) in [6.45, 7) is 6.73. The molecule has 4 heteroatoms. The van der Waals surface area contributed by atoms with E-state index in [4.69, 9.17) is 0 Å². The number of nitrogens with zero attached hydrogens (tertiary/aromatic N) is 1. The standard InChI is InChI=1S/C17H25N3O/c1-13(21)19-11-14-6-9-20(10-7-14)17-4-2-3-15-12-18-8-5-16(15)17/h2-4,14,18H,5-12H2,1H3,(H,19,21). The normalized spacial score (nSPS) is 19.2. The Bertz CT molecular complexity index is 507. The van der Waals surface area contributed by atoms with Crippen molar-refractivity contribution >= 4 is 11.6 Å². The largest absolute Gasteiger partial charge is 0.371 e. The maximum absolute atomic E-state index is 11.0. The van der Waals surface area contributed by atoms with Crippen molar-refractivity contribution in [2.75, 3.05) is 31.1 Å². The Labute approximate surface area is 126 Å². The van der Waals surface area contributed by atoms with Crippen molar-refractivity contribution in [3.05, 3.63) is 29.3 Å². The average Bonchev–Trinajstić information content (AvgIpc) is 2.53. The molecule has 0 aliphatic carbocycles. The van der Waals surface area contributed by atoms with Crippen LogP contribution in [-0.2, 0) is 17.8 Å². The van der Waals surface area contributed by atoms with Gasteiger partial charge in [-0.3, -0.25) is 4.79 Å².